The number of ether oxygens (including phenoxy) is 2. The summed E-state index contributed by atoms with van der Waals surface area (Å²) in [6, 6.07) is 7.56. The van der Waals surface area contributed by atoms with Crippen LogP contribution in [0.15, 0.2) is 30.3 Å². The number of carbonyl (C=O) groups excluding carboxylic acids is 1. The number of aliphatic hydroxyl groups excluding tert-OH is 1. The van der Waals surface area contributed by atoms with E-state index in [0.29, 0.717) is 50.7 Å². The Kier molecular flexibility index (Phi) is 9.80. The van der Waals surface area contributed by atoms with Crippen LogP contribution in [-0.4, -0.2) is 119 Å². The van der Waals surface area contributed by atoms with Crippen molar-refractivity contribution in [2.24, 2.45) is 0 Å². The third-order valence-corrected chi connectivity index (χ3v) is 8.83. The van der Waals surface area contributed by atoms with E-state index < -0.39 is 6.09 Å². The molecule has 1 aromatic carbocycles. The van der Waals surface area contributed by atoms with Crippen molar-refractivity contribution in [2.45, 2.75) is 64.4 Å². The number of fused-ring (bicyclic) bond motifs is 1. The Morgan fingerprint density at radius 3 is 2.53 bits per heavy atom. The summed E-state index contributed by atoms with van der Waals surface area (Å²) in [6.07, 6.45) is 0.380. The predicted molar refractivity (Wildman–Crippen MR) is 158 cm³/mol. The molecule has 4 heterocycles. The largest absolute Gasteiger partial charge is 0.474 e. The maximum atomic E-state index is 14.1. The fourth-order valence-electron chi connectivity index (χ4n) is 6.41. The summed E-state index contributed by atoms with van der Waals surface area (Å²) in [6.45, 7) is 9.43. The minimum absolute atomic E-state index is 0.114. The lowest BCUT2D eigenvalue weighted by atomic mass is 10.0. The van der Waals surface area contributed by atoms with E-state index in [4.69, 9.17) is 9.47 Å². The van der Waals surface area contributed by atoms with E-state index in [9.17, 15) is 24.2 Å². The number of aromatic nitrogens is 1. The molecule has 12 heteroatoms. The quantitative estimate of drug-likeness (QED) is 0.472. The van der Waals surface area contributed by atoms with Crippen LogP contribution in [-0.2, 0) is 22.6 Å². The lowest BCUT2D eigenvalue weighted by molar-refractivity contribution is -0.122. The second-order valence-corrected chi connectivity index (χ2v) is 11.8. The van der Waals surface area contributed by atoms with Gasteiger partial charge in [-0.05, 0) is 56.0 Å². The van der Waals surface area contributed by atoms with Crippen LogP contribution in [0.1, 0.15) is 44.0 Å². The van der Waals surface area contributed by atoms with E-state index in [0.717, 1.165) is 24.1 Å². The smallest absolute Gasteiger partial charge is 0.407 e. The number of halogens is 1. The Hall–Kier alpha value is -3.32. The van der Waals surface area contributed by atoms with Crippen LogP contribution in [0.5, 0.6) is 5.88 Å². The maximum Gasteiger partial charge on any atom is 0.407 e. The summed E-state index contributed by atoms with van der Waals surface area (Å²) in [5, 5.41) is 19.9. The molecule has 234 valence electrons. The second-order valence-electron chi connectivity index (χ2n) is 11.8. The van der Waals surface area contributed by atoms with Crippen molar-refractivity contribution >= 4 is 17.7 Å². The van der Waals surface area contributed by atoms with Gasteiger partial charge < -0.3 is 29.5 Å². The molecule has 5 rings (SSSR count). The first-order chi connectivity index (χ1) is 20.7. The van der Waals surface area contributed by atoms with Crippen molar-refractivity contribution in [3.05, 3.63) is 53.0 Å². The molecular weight excluding hydrogens is 557 g/mol. The fourth-order valence-corrected chi connectivity index (χ4v) is 6.41. The van der Waals surface area contributed by atoms with Crippen LogP contribution in [0.2, 0.25) is 0 Å². The number of aliphatic hydroxyl groups is 1. The molecule has 2 aromatic rings. The van der Waals surface area contributed by atoms with Crippen LogP contribution in [0.4, 0.5) is 14.9 Å². The Labute approximate surface area is 251 Å². The highest BCUT2D eigenvalue weighted by molar-refractivity contribution is 5.97. The normalized spacial score (nSPS) is 24.9. The molecule has 2 saturated heterocycles. The molecule has 4 atom stereocenters. The Morgan fingerprint density at radius 2 is 1.84 bits per heavy atom. The molecule has 0 unspecified atom stereocenters. The monoisotopic (exact) mass is 599 g/mol. The molecule has 0 spiro atoms. The van der Waals surface area contributed by atoms with Crippen molar-refractivity contribution in [1.82, 2.24) is 19.7 Å². The van der Waals surface area contributed by atoms with Crippen LogP contribution in [0.25, 0.3) is 0 Å². The number of benzene rings is 1. The number of piperazine rings is 1. The van der Waals surface area contributed by atoms with Crippen LogP contribution in [0.3, 0.4) is 0 Å². The molecule has 2 amide bonds. The molecular formula is C31H42FN5O6. The van der Waals surface area contributed by atoms with Gasteiger partial charge in [0.1, 0.15) is 18.1 Å². The standard InChI is InChI=1S/C31H42FN5O6/c1-4-25-19-42-10-9-34(25)14-26-15-36(31(40)41)20(2)13-35(26)16-29(39)37-21(3)18-43-30-28(37)12-23(27(17-38)33-30)11-22-5-7-24(32)8-6-22/h5-8,12,20-21,25-26,38H,4,9-11,13-19H2,1-3H3,(H,40,41)/t20-,21+,25-,26+/m1/s1. The van der Waals surface area contributed by atoms with E-state index in [1.807, 2.05) is 19.9 Å². The molecule has 1 aromatic heterocycles. The van der Waals surface area contributed by atoms with Gasteiger partial charge in [0, 0.05) is 44.3 Å². The highest BCUT2D eigenvalue weighted by atomic mass is 19.1. The average molecular weight is 600 g/mol. The summed E-state index contributed by atoms with van der Waals surface area (Å²) >= 11 is 0. The minimum Gasteiger partial charge on any atom is -0.474 e. The Balaban J connectivity index is 1.40. The van der Waals surface area contributed by atoms with Crippen LogP contribution >= 0.6 is 0 Å². The number of hydrogen-bond acceptors (Lipinski definition) is 8. The van der Waals surface area contributed by atoms with Gasteiger partial charge in [0.25, 0.3) is 0 Å². The molecule has 0 radical (unpaired) electrons. The van der Waals surface area contributed by atoms with Crippen LogP contribution in [0, 0.1) is 5.82 Å². The van der Waals surface area contributed by atoms with Gasteiger partial charge in [-0.1, -0.05) is 19.1 Å². The number of anilines is 1. The van der Waals surface area contributed by atoms with E-state index in [2.05, 4.69) is 21.7 Å². The zero-order valence-electron chi connectivity index (χ0n) is 25.1. The van der Waals surface area contributed by atoms with Gasteiger partial charge in [-0.3, -0.25) is 14.6 Å². The number of morpholine rings is 1. The highest BCUT2D eigenvalue weighted by Gasteiger charge is 2.39. The fraction of sp³-hybridized carbons (Fsp3) is 0.581. The molecule has 0 saturated carbocycles. The van der Waals surface area contributed by atoms with Gasteiger partial charge in [-0.25, -0.2) is 14.2 Å². The van der Waals surface area contributed by atoms with Gasteiger partial charge in [0.15, 0.2) is 0 Å². The van der Waals surface area contributed by atoms with Crippen LogP contribution < -0.4 is 9.64 Å². The summed E-state index contributed by atoms with van der Waals surface area (Å²) < 4.78 is 25.1. The van der Waals surface area contributed by atoms with E-state index in [1.165, 1.54) is 17.0 Å². The van der Waals surface area contributed by atoms with Gasteiger partial charge in [-0.2, -0.15) is 0 Å². The average Bonchev–Trinajstić information content (AvgIpc) is 2.99. The van der Waals surface area contributed by atoms with Gasteiger partial charge >= 0.3 is 6.09 Å². The molecule has 11 nitrogen and oxygen atoms in total. The number of hydrogen-bond donors (Lipinski definition) is 2. The van der Waals surface area contributed by atoms with Gasteiger partial charge in [0.2, 0.25) is 11.8 Å². The molecule has 2 fully saturated rings. The van der Waals surface area contributed by atoms with Crippen molar-refractivity contribution in [3.8, 4) is 5.88 Å². The third kappa shape index (κ3) is 6.93. The Bertz CT molecular complexity index is 1300. The second kappa shape index (κ2) is 13.5. The van der Waals surface area contributed by atoms with E-state index in [-0.39, 0.29) is 61.5 Å². The van der Waals surface area contributed by atoms with Gasteiger partial charge in [0.05, 0.1) is 38.1 Å². The number of rotatable bonds is 8. The van der Waals surface area contributed by atoms with Crippen molar-refractivity contribution in [1.29, 1.82) is 0 Å². The first-order valence-electron chi connectivity index (χ1n) is 15.1. The molecule has 0 bridgehead atoms. The lowest BCUT2D eigenvalue weighted by Crippen LogP contribution is -2.64. The van der Waals surface area contributed by atoms with Gasteiger partial charge in [-0.15, -0.1) is 0 Å². The highest BCUT2D eigenvalue weighted by Crippen LogP contribution is 2.35. The van der Waals surface area contributed by atoms with Crippen molar-refractivity contribution < 1.29 is 33.7 Å². The minimum atomic E-state index is -0.951. The van der Waals surface area contributed by atoms with Crippen molar-refractivity contribution in [3.63, 3.8) is 0 Å². The SMILES string of the molecule is CC[C@@H]1COCCN1C[C@H]1CN(C(=O)O)[C@H](C)CN1CC(=O)N1c2cc(Cc3ccc(F)cc3)c(CO)nc2OC[C@@H]1C. The number of amides is 2. The summed E-state index contributed by atoms with van der Waals surface area (Å²) in [7, 11) is 0. The summed E-state index contributed by atoms with van der Waals surface area (Å²) in [4.78, 5) is 38.4. The number of carboxylic acid groups (broad SMARTS) is 1. The molecule has 3 aliphatic heterocycles. The molecule has 43 heavy (non-hydrogen) atoms. The third-order valence-electron chi connectivity index (χ3n) is 8.83. The van der Waals surface area contributed by atoms with E-state index in [1.54, 1.807) is 17.0 Å². The molecule has 2 N–H and O–H groups in total. The maximum absolute atomic E-state index is 14.1. The molecule has 0 aliphatic carbocycles. The molecule has 3 aliphatic rings. The predicted octanol–water partition coefficient (Wildman–Crippen LogP) is 2.58. The first kappa shape index (κ1) is 31.1. The number of pyridine rings is 1. The Morgan fingerprint density at radius 1 is 1.07 bits per heavy atom. The topological polar surface area (TPSA) is 119 Å². The lowest BCUT2D eigenvalue weighted by Gasteiger charge is -2.47. The zero-order valence-corrected chi connectivity index (χ0v) is 25.1. The number of nitrogens with zero attached hydrogens (tertiary/aromatic N) is 5. The zero-order chi connectivity index (χ0) is 30.7. The first-order valence-corrected chi connectivity index (χ1v) is 15.1. The number of carbonyl (C=O) groups is 2. The summed E-state index contributed by atoms with van der Waals surface area (Å²) in [5.41, 5.74) is 2.55. The van der Waals surface area contributed by atoms with Crippen molar-refractivity contribution in [2.75, 3.05) is 57.4 Å². The summed E-state index contributed by atoms with van der Waals surface area (Å²) in [5.74, 6) is -0.166. The van der Waals surface area contributed by atoms with E-state index >= 15 is 0 Å².